The number of rotatable bonds is 1. The van der Waals surface area contributed by atoms with Gasteiger partial charge in [-0.2, -0.15) is 0 Å². The van der Waals surface area contributed by atoms with Gasteiger partial charge in [-0.05, 0) is 55.0 Å². The Hall–Kier alpha value is -4.58. The SMILES string of the molecule is O=C1c2ccc3c(=O)n4c5c(nc4c4ccc(c2c34)C(=O)N1c1ccccc1)C=CCC=C5. The highest BCUT2D eigenvalue weighted by atomic mass is 16.2. The van der Waals surface area contributed by atoms with Crippen LogP contribution in [0.3, 0.4) is 0 Å². The number of hydrogen-bond acceptors (Lipinski definition) is 4. The van der Waals surface area contributed by atoms with Gasteiger partial charge in [0.25, 0.3) is 17.4 Å². The highest BCUT2D eigenvalue weighted by molar-refractivity contribution is 6.38. The summed E-state index contributed by atoms with van der Waals surface area (Å²) < 4.78 is 1.63. The summed E-state index contributed by atoms with van der Waals surface area (Å²) in [6.45, 7) is 0. The Morgan fingerprint density at radius 2 is 1.42 bits per heavy atom. The summed E-state index contributed by atoms with van der Waals surface area (Å²) >= 11 is 0. The molecule has 0 unspecified atom stereocenters. The van der Waals surface area contributed by atoms with Gasteiger partial charge in [-0.25, -0.2) is 9.88 Å². The molecular formula is C27H15N3O3. The van der Waals surface area contributed by atoms with E-state index in [0.717, 1.165) is 23.2 Å². The number of amides is 2. The minimum Gasteiger partial charge on any atom is -0.268 e. The highest BCUT2D eigenvalue weighted by Crippen LogP contribution is 2.38. The van der Waals surface area contributed by atoms with Gasteiger partial charge in [-0.3, -0.25) is 18.8 Å². The Labute approximate surface area is 187 Å². The minimum atomic E-state index is -0.398. The normalized spacial score (nSPS) is 15.1. The molecule has 2 amide bonds. The topological polar surface area (TPSA) is 71.7 Å². The van der Waals surface area contributed by atoms with Gasteiger partial charge in [-0.15, -0.1) is 0 Å². The number of imidazole rings is 1. The number of aromatic nitrogens is 2. The van der Waals surface area contributed by atoms with Crippen LogP contribution in [0.2, 0.25) is 0 Å². The van der Waals surface area contributed by atoms with E-state index in [1.807, 2.05) is 36.4 Å². The molecule has 156 valence electrons. The van der Waals surface area contributed by atoms with Crippen LogP contribution in [-0.2, 0) is 0 Å². The summed E-state index contributed by atoms with van der Waals surface area (Å²) in [5, 5.41) is 2.35. The van der Waals surface area contributed by atoms with Crippen molar-refractivity contribution in [1.29, 1.82) is 0 Å². The fourth-order valence-electron chi connectivity index (χ4n) is 5.04. The maximum atomic E-state index is 13.6. The van der Waals surface area contributed by atoms with Crippen molar-refractivity contribution >= 4 is 56.8 Å². The summed E-state index contributed by atoms with van der Waals surface area (Å²) in [5.41, 5.74) is 3.12. The smallest absolute Gasteiger partial charge is 0.265 e. The van der Waals surface area contributed by atoms with Crippen LogP contribution in [-0.4, -0.2) is 21.2 Å². The van der Waals surface area contributed by atoms with Gasteiger partial charge < -0.3 is 0 Å². The largest absolute Gasteiger partial charge is 0.268 e. The summed E-state index contributed by atoms with van der Waals surface area (Å²) in [4.78, 5) is 46.4. The van der Waals surface area contributed by atoms with Crippen LogP contribution in [0.5, 0.6) is 0 Å². The standard InChI is InChI=1S/C27H15N3O3/c31-25-18-12-11-16-22-17(27(33)30-21-10-6-2-5-9-20(21)28-24(16)30)13-14-19(23(18)22)26(32)29(25)15-7-3-1-4-8-15/h1,3-14H,2H2. The molecule has 5 aromatic rings. The van der Waals surface area contributed by atoms with E-state index < -0.39 is 11.8 Å². The molecule has 1 aliphatic carbocycles. The molecule has 2 aliphatic rings. The van der Waals surface area contributed by atoms with Crippen molar-refractivity contribution in [1.82, 2.24) is 9.38 Å². The minimum absolute atomic E-state index is 0.208. The fraction of sp³-hybridized carbons (Fsp3) is 0.0370. The van der Waals surface area contributed by atoms with Gasteiger partial charge in [0.05, 0.1) is 17.1 Å². The van der Waals surface area contributed by atoms with E-state index in [1.165, 1.54) is 4.90 Å². The van der Waals surface area contributed by atoms with Crippen LogP contribution in [0.4, 0.5) is 5.69 Å². The van der Waals surface area contributed by atoms with Crippen molar-refractivity contribution in [2.75, 3.05) is 4.90 Å². The van der Waals surface area contributed by atoms with Crippen molar-refractivity contribution in [3.8, 4) is 0 Å². The maximum absolute atomic E-state index is 13.6. The third-order valence-electron chi connectivity index (χ3n) is 6.48. The van der Waals surface area contributed by atoms with Gasteiger partial charge >= 0.3 is 0 Å². The van der Waals surface area contributed by atoms with Gasteiger partial charge in [0.1, 0.15) is 5.65 Å². The summed E-state index contributed by atoms with van der Waals surface area (Å²) in [6, 6.07) is 15.8. The molecule has 0 bridgehead atoms. The number of pyridine rings is 1. The number of allylic oxidation sites excluding steroid dienone is 2. The van der Waals surface area contributed by atoms with Gasteiger partial charge in [0.15, 0.2) is 0 Å². The lowest BCUT2D eigenvalue weighted by molar-refractivity contribution is 0.0893. The first-order valence-electron chi connectivity index (χ1n) is 10.7. The number of fused-ring (bicyclic) bond motifs is 4. The number of carbonyl (C=O) groups is 2. The molecule has 3 heterocycles. The second-order valence-electron chi connectivity index (χ2n) is 8.24. The Morgan fingerprint density at radius 3 is 2.18 bits per heavy atom. The highest BCUT2D eigenvalue weighted by Gasteiger charge is 2.35. The predicted molar refractivity (Wildman–Crippen MR) is 128 cm³/mol. The molecule has 6 nitrogen and oxygen atoms in total. The molecular weight excluding hydrogens is 414 g/mol. The molecule has 0 saturated carbocycles. The van der Waals surface area contributed by atoms with Crippen LogP contribution < -0.4 is 10.5 Å². The quantitative estimate of drug-likeness (QED) is 0.363. The zero-order valence-corrected chi connectivity index (χ0v) is 17.3. The molecule has 6 heteroatoms. The molecule has 0 atom stereocenters. The number of imide groups is 1. The second-order valence-corrected chi connectivity index (χ2v) is 8.24. The van der Waals surface area contributed by atoms with E-state index in [0.29, 0.717) is 38.6 Å². The Balaban J connectivity index is 1.61. The number of benzene rings is 3. The van der Waals surface area contributed by atoms with E-state index >= 15 is 0 Å². The van der Waals surface area contributed by atoms with Crippen molar-refractivity contribution in [2.24, 2.45) is 0 Å². The molecule has 33 heavy (non-hydrogen) atoms. The Bertz CT molecular complexity index is 1770. The molecule has 0 saturated heterocycles. The van der Waals surface area contributed by atoms with Crippen LogP contribution >= 0.6 is 0 Å². The maximum Gasteiger partial charge on any atom is 0.265 e. The first-order chi connectivity index (χ1) is 16.1. The summed E-state index contributed by atoms with van der Waals surface area (Å²) in [6.07, 6.45) is 8.62. The van der Waals surface area contributed by atoms with Gasteiger partial charge in [0, 0.05) is 32.7 Å². The number of hydrogen-bond donors (Lipinski definition) is 0. The van der Waals surface area contributed by atoms with Crippen molar-refractivity contribution in [3.05, 3.63) is 99.6 Å². The number of anilines is 1. The van der Waals surface area contributed by atoms with Crippen LogP contribution in [0.15, 0.2) is 71.5 Å². The third-order valence-corrected chi connectivity index (χ3v) is 6.48. The molecule has 0 spiro atoms. The molecule has 2 aromatic heterocycles. The number of carbonyl (C=O) groups excluding carboxylic acids is 2. The lowest BCUT2D eigenvalue weighted by Gasteiger charge is -2.27. The van der Waals surface area contributed by atoms with Crippen molar-refractivity contribution < 1.29 is 9.59 Å². The van der Waals surface area contributed by atoms with E-state index in [9.17, 15) is 14.4 Å². The monoisotopic (exact) mass is 429 g/mol. The Morgan fingerprint density at radius 1 is 0.727 bits per heavy atom. The molecule has 3 aromatic carbocycles. The average Bonchev–Trinajstić information content (AvgIpc) is 3.05. The zero-order valence-electron chi connectivity index (χ0n) is 17.3. The second kappa shape index (κ2) is 6.23. The number of nitrogens with zero attached hydrogens (tertiary/aromatic N) is 3. The molecule has 7 rings (SSSR count). The molecule has 0 radical (unpaired) electrons. The van der Waals surface area contributed by atoms with Crippen molar-refractivity contribution in [3.63, 3.8) is 0 Å². The van der Waals surface area contributed by atoms with E-state index in [4.69, 9.17) is 4.98 Å². The third kappa shape index (κ3) is 2.22. The summed E-state index contributed by atoms with van der Waals surface area (Å²) in [5.74, 6) is -0.796. The average molecular weight is 429 g/mol. The van der Waals surface area contributed by atoms with Crippen LogP contribution in [0.25, 0.3) is 39.3 Å². The van der Waals surface area contributed by atoms with Crippen LogP contribution in [0.1, 0.15) is 38.5 Å². The molecule has 0 N–H and O–H groups in total. The number of para-hydroxylation sites is 1. The van der Waals surface area contributed by atoms with Crippen molar-refractivity contribution in [2.45, 2.75) is 6.42 Å². The lowest BCUT2D eigenvalue weighted by Crippen LogP contribution is -2.40. The van der Waals surface area contributed by atoms with Gasteiger partial charge in [-0.1, -0.05) is 30.4 Å². The fourth-order valence-corrected chi connectivity index (χ4v) is 5.04. The van der Waals surface area contributed by atoms with E-state index in [-0.39, 0.29) is 5.56 Å². The first-order valence-corrected chi connectivity index (χ1v) is 10.7. The summed E-state index contributed by atoms with van der Waals surface area (Å²) in [7, 11) is 0. The molecule has 0 fully saturated rings. The Kier molecular flexibility index (Phi) is 3.41. The van der Waals surface area contributed by atoms with E-state index in [2.05, 4.69) is 0 Å². The van der Waals surface area contributed by atoms with Crippen LogP contribution in [0, 0.1) is 0 Å². The van der Waals surface area contributed by atoms with E-state index in [1.54, 1.807) is 46.9 Å². The molecule has 1 aliphatic heterocycles. The zero-order chi connectivity index (χ0) is 22.3. The van der Waals surface area contributed by atoms with Gasteiger partial charge in [0.2, 0.25) is 0 Å². The first kappa shape index (κ1) is 18.0. The predicted octanol–water partition coefficient (Wildman–Crippen LogP) is 4.67. The lowest BCUT2D eigenvalue weighted by atomic mass is 9.90.